The van der Waals surface area contributed by atoms with Gasteiger partial charge < -0.3 is 14.6 Å². The number of carboxylic acids is 1. The molecule has 0 aliphatic heterocycles. The Balaban J connectivity index is 1.69. The molecule has 6 heteroatoms. The number of fused-ring (bicyclic) bond motifs is 3. The van der Waals surface area contributed by atoms with Crippen LogP contribution in [0.4, 0.5) is 4.79 Å². The van der Waals surface area contributed by atoms with Crippen LogP contribution in [0.1, 0.15) is 30.4 Å². The van der Waals surface area contributed by atoms with Gasteiger partial charge in [-0.1, -0.05) is 55.5 Å². The van der Waals surface area contributed by atoms with Crippen LogP contribution in [0.5, 0.6) is 0 Å². The maximum Gasteiger partial charge on any atom is 0.410 e. The minimum atomic E-state index is -1.12. The number of carbonyl (C=O) groups excluding carboxylic acids is 1. The number of ether oxygens (including phenoxy) is 2. The number of hydrogen-bond donors (Lipinski definition) is 1. The molecule has 0 fully saturated rings. The quantitative estimate of drug-likeness (QED) is 0.703. The summed E-state index contributed by atoms with van der Waals surface area (Å²) in [5.41, 5.74) is 4.51. The third-order valence-electron chi connectivity index (χ3n) is 5.00. The predicted octanol–water partition coefficient (Wildman–Crippen LogP) is 3.75. The highest BCUT2D eigenvalue weighted by Crippen LogP contribution is 2.44. The fourth-order valence-corrected chi connectivity index (χ4v) is 3.51. The largest absolute Gasteiger partial charge is 0.480 e. The van der Waals surface area contributed by atoms with E-state index in [4.69, 9.17) is 9.47 Å². The molecule has 148 valence electrons. The smallest absolute Gasteiger partial charge is 0.410 e. The zero-order valence-electron chi connectivity index (χ0n) is 16.1. The van der Waals surface area contributed by atoms with Crippen molar-refractivity contribution in [2.75, 3.05) is 26.9 Å². The van der Waals surface area contributed by atoms with Gasteiger partial charge in [-0.15, -0.1) is 0 Å². The Morgan fingerprint density at radius 2 is 1.64 bits per heavy atom. The molecule has 1 aliphatic carbocycles. The molecular weight excluding hydrogens is 358 g/mol. The highest BCUT2D eigenvalue weighted by atomic mass is 16.6. The Morgan fingerprint density at radius 1 is 1.07 bits per heavy atom. The van der Waals surface area contributed by atoms with E-state index < -0.39 is 18.1 Å². The number of nitrogens with zero attached hydrogens (tertiary/aromatic N) is 1. The van der Waals surface area contributed by atoms with Crippen LogP contribution in [0.2, 0.25) is 0 Å². The molecule has 2 aromatic carbocycles. The van der Waals surface area contributed by atoms with E-state index in [1.165, 1.54) is 7.05 Å². The van der Waals surface area contributed by atoms with Crippen molar-refractivity contribution in [1.29, 1.82) is 0 Å². The van der Waals surface area contributed by atoms with Crippen molar-refractivity contribution in [2.45, 2.75) is 25.3 Å². The average Bonchev–Trinajstić information content (AvgIpc) is 3.02. The van der Waals surface area contributed by atoms with E-state index in [1.807, 2.05) is 43.3 Å². The molecule has 1 aliphatic rings. The van der Waals surface area contributed by atoms with Gasteiger partial charge in [-0.2, -0.15) is 0 Å². The monoisotopic (exact) mass is 383 g/mol. The molecule has 0 spiro atoms. The van der Waals surface area contributed by atoms with Crippen LogP contribution in [-0.4, -0.2) is 55.0 Å². The Kier molecular flexibility index (Phi) is 6.31. The van der Waals surface area contributed by atoms with Gasteiger partial charge in [0.05, 0.1) is 6.61 Å². The van der Waals surface area contributed by atoms with Crippen LogP contribution in [0.3, 0.4) is 0 Å². The summed E-state index contributed by atoms with van der Waals surface area (Å²) in [6, 6.07) is 15.0. The first-order valence-corrected chi connectivity index (χ1v) is 9.43. The highest BCUT2D eigenvalue weighted by molar-refractivity contribution is 5.81. The first kappa shape index (κ1) is 19.9. The number of carbonyl (C=O) groups is 2. The number of aliphatic carboxylic acids is 1. The Bertz CT molecular complexity index is 805. The van der Waals surface area contributed by atoms with Crippen LogP contribution >= 0.6 is 0 Å². The van der Waals surface area contributed by atoms with Crippen LogP contribution in [0, 0.1) is 0 Å². The van der Waals surface area contributed by atoms with Crippen LogP contribution in [0.25, 0.3) is 11.1 Å². The third-order valence-corrected chi connectivity index (χ3v) is 5.00. The van der Waals surface area contributed by atoms with E-state index in [0.29, 0.717) is 6.61 Å². The molecule has 1 amide bonds. The molecule has 0 unspecified atom stereocenters. The molecule has 0 saturated carbocycles. The van der Waals surface area contributed by atoms with Gasteiger partial charge in [0.25, 0.3) is 0 Å². The summed E-state index contributed by atoms with van der Waals surface area (Å²) in [7, 11) is 1.42. The topological polar surface area (TPSA) is 76.1 Å². The molecule has 6 nitrogen and oxygen atoms in total. The van der Waals surface area contributed by atoms with Crippen LogP contribution in [0.15, 0.2) is 48.5 Å². The maximum absolute atomic E-state index is 12.5. The molecular formula is C22H25NO5. The average molecular weight is 383 g/mol. The van der Waals surface area contributed by atoms with Crippen LogP contribution in [-0.2, 0) is 14.3 Å². The minimum Gasteiger partial charge on any atom is -0.480 e. The highest BCUT2D eigenvalue weighted by Gasteiger charge is 2.31. The second-order valence-electron chi connectivity index (χ2n) is 6.84. The Hall–Kier alpha value is -2.86. The van der Waals surface area contributed by atoms with E-state index in [1.54, 1.807) is 0 Å². The minimum absolute atomic E-state index is 0.0654. The van der Waals surface area contributed by atoms with E-state index in [-0.39, 0.29) is 19.1 Å². The SMILES string of the molecule is CCCOC[C@H](C(=O)O)N(C)C(=O)OCC1c2ccccc2-c2ccccc21. The summed E-state index contributed by atoms with van der Waals surface area (Å²) in [5.74, 6) is -1.18. The lowest BCUT2D eigenvalue weighted by atomic mass is 9.98. The summed E-state index contributed by atoms with van der Waals surface area (Å²) in [6.07, 6.45) is 0.107. The molecule has 3 rings (SSSR count). The summed E-state index contributed by atoms with van der Waals surface area (Å²) >= 11 is 0. The van der Waals surface area contributed by atoms with E-state index in [0.717, 1.165) is 33.6 Å². The van der Waals surface area contributed by atoms with Gasteiger partial charge in [-0.3, -0.25) is 4.90 Å². The zero-order chi connectivity index (χ0) is 20.1. The Morgan fingerprint density at radius 3 is 2.18 bits per heavy atom. The lowest BCUT2D eigenvalue weighted by molar-refractivity contribution is -0.144. The third kappa shape index (κ3) is 4.02. The number of hydrogen-bond acceptors (Lipinski definition) is 4. The normalized spacial score (nSPS) is 13.5. The van der Waals surface area contributed by atoms with Crippen molar-refractivity contribution < 1.29 is 24.2 Å². The molecule has 1 atom stereocenters. The summed E-state index contributed by atoms with van der Waals surface area (Å²) in [6.45, 7) is 2.47. The fourth-order valence-electron chi connectivity index (χ4n) is 3.51. The van der Waals surface area contributed by atoms with Gasteiger partial charge in [0.2, 0.25) is 0 Å². The van der Waals surface area contributed by atoms with Crippen molar-refractivity contribution in [3.63, 3.8) is 0 Å². The molecule has 0 aromatic heterocycles. The van der Waals surface area contributed by atoms with E-state index in [2.05, 4.69) is 12.1 Å². The predicted molar refractivity (Wildman–Crippen MR) is 105 cm³/mol. The molecule has 28 heavy (non-hydrogen) atoms. The standard InChI is InChI=1S/C22H25NO5/c1-3-12-27-14-20(21(24)25)23(2)22(26)28-13-19-17-10-6-4-8-15(17)16-9-5-7-11-18(16)19/h4-11,19-20H,3,12-14H2,1-2H3,(H,24,25)/t20-/m1/s1. The molecule has 2 aromatic rings. The van der Waals surface area contributed by atoms with Crippen molar-refractivity contribution >= 4 is 12.1 Å². The first-order valence-electron chi connectivity index (χ1n) is 9.43. The van der Waals surface area contributed by atoms with Crippen molar-refractivity contribution in [3.05, 3.63) is 59.7 Å². The van der Waals surface area contributed by atoms with Crippen molar-refractivity contribution in [1.82, 2.24) is 4.90 Å². The second-order valence-corrected chi connectivity index (χ2v) is 6.84. The molecule has 0 bridgehead atoms. The van der Waals surface area contributed by atoms with Gasteiger partial charge in [-0.25, -0.2) is 9.59 Å². The Labute approximate surface area is 164 Å². The zero-order valence-corrected chi connectivity index (χ0v) is 16.1. The molecule has 0 radical (unpaired) electrons. The number of carboxylic acid groups (broad SMARTS) is 1. The second kappa shape index (κ2) is 8.89. The molecule has 1 N–H and O–H groups in total. The van der Waals surface area contributed by atoms with Gasteiger partial charge in [0.15, 0.2) is 6.04 Å². The van der Waals surface area contributed by atoms with Gasteiger partial charge >= 0.3 is 12.1 Å². The number of amides is 1. The molecule has 0 heterocycles. The first-order chi connectivity index (χ1) is 13.5. The van der Waals surface area contributed by atoms with Crippen LogP contribution < -0.4 is 0 Å². The summed E-state index contributed by atoms with van der Waals surface area (Å²) in [4.78, 5) is 25.1. The summed E-state index contributed by atoms with van der Waals surface area (Å²) in [5, 5.41) is 9.40. The van der Waals surface area contributed by atoms with Crippen molar-refractivity contribution in [2.24, 2.45) is 0 Å². The molecule has 0 saturated heterocycles. The lowest BCUT2D eigenvalue weighted by Crippen LogP contribution is -2.45. The number of benzene rings is 2. The van der Waals surface area contributed by atoms with Gasteiger partial charge in [0, 0.05) is 19.6 Å². The van der Waals surface area contributed by atoms with Gasteiger partial charge in [-0.05, 0) is 28.7 Å². The van der Waals surface area contributed by atoms with Gasteiger partial charge in [0.1, 0.15) is 6.61 Å². The number of likely N-dealkylation sites (N-methyl/N-ethyl adjacent to an activating group) is 1. The number of rotatable bonds is 8. The van der Waals surface area contributed by atoms with E-state index >= 15 is 0 Å². The lowest BCUT2D eigenvalue weighted by Gasteiger charge is -2.25. The van der Waals surface area contributed by atoms with E-state index in [9.17, 15) is 14.7 Å². The summed E-state index contributed by atoms with van der Waals surface area (Å²) < 4.78 is 10.8. The van der Waals surface area contributed by atoms with Crippen molar-refractivity contribution in [3.8, 4) is 11.1 Å². The fraction of sp³-hybridized carbons (Fsp3) is 0.364. The maximum atomic E-state index is 12.5.